The van der Waals surface area contributed by atoms with Crippen LogP contribution in [0.4, 0.5) is 0 Å². The number of carbonyl (C=O) groups excluding carboxylic acids is 1. The normalized spacial score (nSPS) is 12.5. The molecule has 0 heterocycles. The highest BCUT2D eigenvalue weighted by molar-refractivity contribution is 5.72. The van der Waals surface area contributed by atoms with Gasteiger partial charge in [-0.2, -0.15) is 0 Å². The van der Waals surface area contributed by atoms with Crippen LogP contribution in [0.25, 0.3) is 0 Å². The van der Waals surface area contributed by atoms with Crippen LogP contribution < -0.4 is 0 Å². The van der Waals surface area contributed by atoms with Crippen molar-refractivity contribution < 1.29 is 19.4 Å². The zero-order valence-corrected chi connectivity index (χ0v) is 9.66. The SMILES string of the molecule is CCOC(=O)C[C@@H](CC(=O)O)CC(C)C. The van der Waals surface area contributed by atoms with Crippen LogP contribution >= 0.6 is 0 Å². The summed E-state index contributed by atoms with van der Waals surface area (Å²) in [6.07, 6.45) is 0.987. The summed E-state index contributed by atoms with van der Waals surface area (Å²) < 4.78 is 4.80. The standard InChI is InChI=1S/C11H20O4/c1-4-15-11(14)7-9(5-8(2)3)6-10(12)13/h8-9H,4-7H2,1-3H3,(H,12,13)/t9-/m1/s1. The Kier molecular flexibility index (Phi) is 6.75. The molecule has 1 N–H and O–H groups in total. The van der Waals surface area contributed by atoms with E-state index in [2.05, 4.69) is 0 Å². The number of ether oxygens (including phenoxy) is 1. The van der Waals surface area contributed by atoms with Crippen molar-refractivity contribution >= 4 is 11.9 Å². The van der Waals surface area contributed by atoms with Crippen LogP contribution in [0.2, 0.25) is 0 Å². The fourth-order valence-corrected chi connectivity index (χ4v) is 1.61. The Balaban J connectivity index is 4.11. The van der Waals surface area contributed by atoms with Crippen LogP contribution in [0.5, 0.6) is 0 Å². The van der Waals surface area contributed by atoms with Gasteiger partial charge in [0.2, 0.25) is 0 Å². The van der Waals surface area contributed by atoms with Crippen molar-refractivity contribution in [1.82, 2.24) is 0 Å². The van der Waals surface area contributed by atoms with Gasteiger partial charge < -0.3 is 9.84 Å². The highest BCUT2D eigenvalue weighted by Crippen LogP contribution is 2.19. The van der Waals surface area contributed by atoms with Gasteiger partial charge in [0.1, 0.15) is 0 Å². The van der Waals surface area contributed by atoms with Gasteiger partial charge >= 0.3 is 11.9 Å². The summed E-state index contributed by atoms with van der Waals surface area (Å²) in [5.41, 5.74) is 0. The third kappa shape index (κ3) is 7.97. The number of rotatable bonds is 7. The third-order valence-electron chi connectivity index (χ3n) is 2.03. The molecule has 0 bridgehead atoms. The molecule has 0 radical (unpaired) electrons. The zero-order chi connectivity index (χ0) is 11.8. The number of carboxylic acid groups (broad SMARTS) is 1. The number of esters is 1. The van der Waals surface area contributed by atoms with E-state index < -0.39 is 5.97 Å². The summed E-state index contributed by atoms with van der Waals surface area (Å²) in [5.74, 6) is -0.875. The summed E-state index contributed by atoms with van der Waals surface area (Å²) in [7, 11) is 0. The van der Waals surface area contributed by atoms with Crippen molar-refractivity contribution in [3.63, 3.8) is 0 Å². The molecule has 0 aromatic rings. The van der Waals surface area contributed by atoms with Crippen LogP contribution in [0.1, 0.15) is 40.0 Å². The Labute approximate surface area is 90.6 Å². The van der Waals surface area contributed by atoms with Crippen molar-refractivity contribution in [1.29, 1.82) is 0 Å². The lowest BCUT2D eigenvalue weighted by atomic mass is 9.91. The smallest absolute Gasteiger partial charge is 0.306 e. The maximum absolute atomic E-state index is 11.2. The Morgan fingerprint density at radius 1 is 1.27 bits per heavy atom. The van der Waals surface area contributed by atoms with Gasteiger partial charge in [-0.05, 0) is 25.2 Å². The molecular weight excluding hydrogens is 196 g/mol. The lowest BCUT2D eigenvalue weighted by Gasteiger charge is -2.15. The van der Waals surface area contributed by atoms with Gasteiger partial charge in [-0.3, -0.25) is 9.59 Å². The number of carboxylic acids is 1. The number of aliphatic carboxylic acids is 1. The summed E-state index contributed by atoms with van der Waals surface area (Å²) in [6.45, 7) is 6.12. The van der Waals surface area contributed by atoms with Gasteiger partial charge in [0.25, 0.3) is 0 Å². The Morgan fingerprint density at radius 3 is 2.27 bits per heavy atom. The first-order valence-corrected chi connectivity index (χ1v) is 5.33. The molecule has 0 spiro atoms. The first-order chi connectivity index (χ1) is 6.95. The van der Waals surface area contributed by atoms with E-state index in [0.29, 0.717) is 12.5 Å². The maximum atomic E-state index is 11.2. The molecule has 4 nitrogen and oxygen atoms in total. The number of hydrogen-bond acceptors (Lipinski definition) is 3. The van der Waals surface area contributed by atoms with E-state index in [1.165, 1.54) is 0 Å². The van der Waals surface area contributed by atoms with Crippen LogP contribution in [-0.2, 0) is 14.3 Å². The Morgan fingerprint density at radius 2 is 1.87 bits per heavy atom. The quantitative estimate of drug-likeness (QED) is 0.662. The average Bonchev–Trinajstić information content (AvgIpc) is 2.00. The molecule has 4 heteroatoms. The maximum Gasteiger partial charge on any atom is 0.306 e. The largest absolute Gasteiger partial charge is 0.481 e. The molecule has 0 rings (SSSR count). The second-order valence-corrected chi connectivity index (χ2v) is 4.10. The van der Waals surface area contributed by atoms with Crippen LogP contribution in [0.15, 0.2) is 0 Å². The zero-order valence-electron chi connectivity index (χ0n) is 9.66. The highest BCUT2D eigenvalue weighted by atomic mass is 16.5. The van der Waals surface area contributed by atoms with E-state index in [1.807, 2.05) is 13.8 Å². The molecule has 0 fully saturated rings. The fourth-order valence-electron chi connectivity index (χ4n) is 1.61. The van der Waals surface area contributed by atoms with Gasteiger partial charge in [0, 0.05) is 12.8 Å². The molecule has 0 aliphatic carbocycles. The van der Waals surface area contributed by atoms with Crippen LogP contribution in [0.3, 0.4) is 0 Å². The minimum absolute atomic E-state index is 0.0387. The van der Waals surface area contributed by atoms with Gasteiger partial charge in [0.05, 0.1) is 6.61 Å². The predicted octanol–water partition coefficient (Wildman–Crippen LogP) is 2.08. The second-order valence-electron chi connectivity index (χ2n) is 4.10. The van der Waals surface area contributed by atoms with Crippen molar-refractivity contribution in [2.24, 2.45) is 11.8 Å². The molecule has 0 aliphatic heterocycles. The van der Waals surface area contributed by atoms with E-state index in [9.17, 15) is 9.59 Å². The molecular formula is C11H20O4. The number of hydrogen-bond donors (Lipinski definition) is 1. The summed E-state index contributed by atoms with van der Waals surface area (Å²) in [6, 6.07) is 0. The second kappa shape index (κ2) is 7.26. The van der Waals surface area contributed by atoms with Crippen LogP contribution in [0, 0.1) is 11.8 Å². The lowest BCUT2D eigenvalue weighted by molar-refractivity contribution is -0.145. The molecule has 0 aromatic heterocycles. The predicted molar refractivity (Wildman–Crippen MR) is 56.4 cm³/mol. The summed E-state index contributed by atoms with van der Waals surface area (Å²) >= 11 is 0. The molecule has 0 unspecified atom stereocenters. The van der Waals surface area contributed by atoms with Gasteiger partial charge in [0.15, 0.2) is 0 Å². The lowest BCUT2D eigenvalue weighted by Crippen LogP contribution is -2.16. The Hall–Kier alpha value is -1.06. The van der Waals surface area contributed by atoms with E-state index in [1.54, 1.807) is 6.92 Å². The molecule has 15 heavy (non-hydrogen) atoms. The first-order valence-electron chi connectivity index (χ1n) is 5.33. The molecule has 1 atom stereocenters. The van der Waals surface area contributed by atoms with Crippen molar-refractivity contribution in [3.8, 4) is 0 Å². The van der Waals surface area contributed by atoms with Gasteiger partial charge in [-0.25, -0.2) is 0 Å². The molecule has 0 amide bonds. The monoisotopic (exact) mass is 216 g/mol. The van der Waals surface area contributed by atoms with Crippen LogP contribution in [-0.4, -0.2) is 23.7 Å². The van der Waals surface area contributed by atoms with E-state index in [0.717, 1.165) is 6.42 Å². The van der Waals surface area contributed by atoms with Gasteiger partial charge in [-0.15, -0.1) is 0 Å². The first kappa shape index (κ1) is 13.9. The van der Waals surface area contributed by atoms with Crippen molar-refractivity contribution in [2.45, 2.75) is 40.0 Å². The third-order valence-corrected chi connectivity index (χ3v) is 2.03. The highest BCUT2D eigenvalue weighted by Gasteiger charge is 2.19. The minimum atomic E-state index is -0.857. The van der Waals surface area contributed by atoms with E-state index in [4.69, 9.17) is 9.84 Å². The molecule has 0 saturated carbocycles. The molecule has 88 valence electrons. The topological polar surface area (TPSA) is 63.6 Å². The van der Waals surface area contributed by atoms with Gasteiger partial charge in [-0.1, -0.05) is 13.8 Å². The van der Waals surface area contributed by atoms with E-state index >= 15 is 0 Å². The average molecular weight is 216 g/mol. The fraction of sp³-hybridized carbons (Fsp3) is 0.818. The minimum Gasteiger partial charge on any atom is -0.481 e. The molecule has 0 aliphatic rings. The summed E-state index contributed by atoms with van der Waals surface area (Å²) in [5, 5.41) is 8.69. The number of carbonyl (C=O) groups is 2. The Bertz CT molecular complexity index is 211. The summed E-state index contributed by atoms with van der Waals surface area (Å²) in [4.78, 5) is 21.8. The molecule has 0 aromatic carbocycles. The van der Waals surface area contributed by atoms with Crippen molar-refractivity contribution in [3.05, 3.63) is 0 Å². The van der Waals surface area contributed by atoms with E-state index in [-0.39, 0.29) is 24.7 Å². The molecule has 0 saturated heterocycles. The van der Waals surface area contributed by atoms with Crippen molar-refractivity contribution in [2.75, 3.05) is 6.61 Å².